The maximum atomic E-state index is 14.1. The predicted octanol–water partition coefficient (Wildman–Crippen LogP) is 2.16. The molecule has 0 aliphatic rings. The summed E-state index contributed by atoms with van der Waals surface area (Å²) in [5.74, 6) is -0.209. The molecule has 32 heavy (non-hydrogen) atoms. The highest BCUT2D eigenvalue weighted by Gasteiger charge is 2.18. The Bertz CT molecular complexity index is 1420. The number of aromatic nitrogens is 4. The van der Waals surface area contributed by atoms with E-state index >= 15 is 0 Å². The topological polar surface area (TPSA) is 90.4 Å². The van der Waals surface area contributed by atoms with Gasteiger partial charge in [-0.2, -0.15) is 0 Å². The van der Waals surface area contributed by atoms with Crippen molar-refractivity contribution in [2.75, 3.05) is 6.54 Å². The first-order valence-electron chi connectivity index (χ1n) is 10.5. The van der Waals surface area contributed by atoms with Gasteiger partial charge in [0.15, 0.2) is 0 Å². The van der Waals surface area contributed by atoms with E-state index in [9.17, 15) is 18.8 Å². The van der Waals surface area contributed by atoms with Crippen LogP contribution in [0, 0.1) is 11.7 Å². The Hall–Kier alpha value is -3.75. The standard InChI is InChI=1S/C23H24FN5O3/c1-15(2)13-25-20(30)11-12-27-21(31)17-8-4-6-10-19(17)29-22(27)26-28(23(29)32)14-16-7-3-5-9-18(16)24/h3-10,15H,11-14H2,1-2H3,(H,25,30). The Morgan fingerprint density at radius 1 is 1.09 bits per heavy atom. The summed E-state index contributed by atoms with van der Waals surface area (Å²) in [6.07, 6.45) is 0.0645. The third-order valence-electron chi connectivity index (χ3n) is 5.23. The molecule has 0 aliphatic heterocycles. The normalized spacial score (nSPS) is 11.5. The van der Waals surface area contributed by atoms with Crippen LogP contribution in [0.2, 0.25) is 0 Å². The van der Waals surface area contributed by atoms with Crippen LogP contribution in [0.5, 0.6) is 0 Å². The first kappa shape index (κ1) is 21.5. The van der Waals surface area contributed by atoms with Gasteiger partial charge in [-0.25, -0.2) is 18.3 Å². The fourth-order valence-corrected chi connectivity index (χ4v) is 3.58. The highest BCUT2D eigenvalue weighted by atomic mass is 19.1. The van der Waals surface area contributed by atoms with E-state index in [1.54, 1.807) is 42.5 Å². The number of nitrogens with zero attached hydrogens (tertiary/aromatic N) is 4. The molecular formula is C23H24FN5O3. The molecule has 166 valence electrons. The van der Waals surface area contributed by atoms with Gasteiger partial charge in [0.25, 0.3) is 5.56 Å². The van der Waals surface area contributed by atoms with Crippen molar-refractivity contribution >= 4 is 22.6 Å². The molecule has 0 radical (unpaired) electrons. The second-order valence-electron chi connectivity index (χ2n) is 8.09. The Balaban J connectivity index is 1.81. The highest BCUT2D eigenvalue weighted by molar-refractivity contribution is 5.80. The molecule has 0 aliphatic carbocycles. The van der Waals surface area contributed by atoms with Gasteiger partial charge in [-0.15, -0.1) is 5.10 Å². The van der Waals surface area contributed by atoms with E-state index in [2.05, 4.69) is 10.4 Å². The highest BCUT2D eigenvalue weighted by Crippen LogP contribution is 2.12. The number of carbonyl (C=O) groups is 1. The molecule has 4 rings (SSSR count). The fraction of sp³-hybridized carbons (Fsp3) is 0.304. The average Bonchev–Trinajstić information content (AvgIpc) is 3.09. The van der Waals surface area contributed by atoms with Gasteiger partial charge in [0.2, 0.25) is 11.7 Å². The first-order chi connectivity index (χ1) is 15.4. The number of hydrogen-bond acceptors (Lipinski definition) is 4. The number of fused-ring (bicyclic) bond motifs is 3. The summed E-state index contributed by atoms with van der Waals surface area (Å²) in [6, 6.07) is 12.9. The van der Waals surface area contributed by atoms with Crippen molar-refractivity contribution in [1.82, 2.24) is 24.1 Å². The molecule has 4 aromatic rings. The quantitative estimate of drug-likeness (QED) is 0.480. The lowest BCUT2D eigenvalue weighted by Gasteiger charge is -2.10. The van der Waals surface area contributed by atoms with Gasteiger partial charge < -0.3 is 5.32 Å². The van der Waals surface area contributed by atoms with E-state index in [0.29, 0.717) is 28.9 Å². The number of aryl methyl sites for hydroxylation is 1. The largest absolute Gasteiger partial charge is 0.356 e. The molecule has 0 atom stereocenters. The van der Waals surface area contributed by atoms with Crippen LogP contribution < -0.4 is 16.6 Å². The molecule has 2 aromatic carbocycles. The molecule has 0 saturated heterocycles. The Kier molecular flexibility index (Phi) is 5.89. The second-order valence-corrected chi connectivity index (χ2v) is 8.09. The van der Waals surface area contributed by atoms with Crippen molar-refractivity contribution < 1.29 is 9.18 Å². The van der Waals surface area contributed by atoms with Crippen LogP contribution in [0.1, 0.15) is 25.8 Å². The fourth-order valence-electron chi connectivity index (χ4n) is 3.58. The second kappa shape index (κ2) is 8.78. The maximum Gasteiger partial charge on any atom is 0.352 e. The zero-order valence-corrected chi connectivity index (χ0v) is 17.9. The van der Waals surface area contributed by atoms with Gasteiger partial charge in [0, 0.05) is 25.1 Å². The van der Waals surface area contributed by atoms with Gasteiger partial charge in [-0.3, -0.25) is 14.2 Å². The molecule has 0 bridgehead atoms. The third-order valence-corrected chi connectivity index (χ3v) is 5.23. The van der Waals surface area contributed by atoms with E-state index in [-0.39, 0.29) is 36.8 Å². The minimum atomic E-state index is -0.488. The number of halogens is 1. The summed E-state index contributed by atoms with van der Waals surface area (Å²) in [5, 5.41) is 7.51. The summed E-state index contributed by atoms with van der Waals surface area (Å²) < 4.78 is 17.9. The lowest BCUT2D eigenvalue weighted by atomic mass is 10.2. The molecule has 8 nitrogen and oxygen atoms in total. The molecule has 0 unspecified atom stereocenters. The van der Waals surface area contributed by atoms with Gasteiger partial charge in [0.1, 0.15) is 5.82 Å². The molecule has 0 fully saturated rings. The van der Waals surface area contributed by atoms with E-state index in [1.807, 2.05) is 13.8 Å². The van der Waals surface area contributed by atoms with Crippen LogP contribution in [0.4, 0.5) is 4.39 Å². The van der Waals surface area contributed by atoms with Crippen molar-refractivity contribution in [1.29, 1.82) is 0 Å². The van der Waals surface area contributed by atoms with Gasteiger partial charge in [0.05, 0.1) is 17.4 Å². The van der Waals surface area contributed by atoms with Crippen molar-refractivity contribution in [2.24, 2.45) is 5.92 Å². The Morgan fingerprint density at radius 3 is 2.56 bits per heavy atom. The summed E-state index contributed by atoms with van der Waals surface area (Å²) in [4.78, 5) is 38.6. The Morgan fingerprint density at radius 2 is 1.81 bits per heavy atom. The van der Waals surface area contributed by atoms with Gasteiger partial charge >= 0.3 is 5.69 Å². The maximum absolute atomic E-state index is 14.1. The third kappa shape index (κ3) is 4.05. The van der Waals surface area contributed by atoms with E-state index in [0.717, 1.165) is 4.68 Å². The minimum absolute atomic E-state index is 0.0627. The molecular weight excluding hydrogens is 413 g/mol. The van der Waals surface area contributed by atoms with Crippen LogP contribution in [0.25, 0.3) is 16.7 Å². The number of nitrogens with one attached hydrogen (secondary N) is 1. The number of carbonyl (C=O) groups excluding carboxylic acids is 1. The zero-order valence-electron chi connectivity index (χ0n) is 17.9. The first-order valence-corrected chi connectivity index (χ1v) is 10.5. The number of amides is 1. The molecule has 1 amide bonds. The summed E-state index contributed by atoms with van der Waals surface area (Å²) >= 11 is 0. The van der Waals surface area contributed by atoms with E-state index in [1.165, 1.54) is 15.0 Å². The van der Waals surface area contributed by atoms with Gasteiger partial charge in [-0.1, -0.05) is 44.2 Å². The van der Waals surface area contributed by atoms with Crippen molar-refractivity contribution in [3.8, 4) is 0 Å². The number of hydrogen-bond donors (Lipinski definition) is 1. The van der Waals surface area contributed by atoms with Crippen molar-refractivity contribution in [2.45, 2.75) is 33.4 Å². The van der Waals surface area contributed by atoms with Crippen LogP contribution in [0.3, 0.4) is 0 Å². The number of benzene rings is 2. The molecule has 0 spiro atoms. The van der Waals surface area contributed by atoms with Crippen molar-refractivity contribution in [3.63, 3.8) is 0 Å². The van der Waals surface area contributed by atoms with Gasteiger partial charge in [-0.05, 0) is 24.1 Å². The van der Waals surface area contributed by atoms with Crippen LogP contribution in [0.15, 0.2) is 58.1 Å². The zero-order chi connectivity index (χ0) is 22.8. The lowest BCUT2D eigenvalue weighted by Crippen LogP contribution is -2.31. The summed E-state index contributed by atoms with van der Waals surface area (Å²) in [5.41, 5.74) is -0.104. The molecule has 9 heteroatoms. The van der Waals surface area contributed by atoms with E-state index in [4.69, 9.17) is 0 Å². The monoisotopic (exact) mass is 437 g/mol. The Labute approximate surface area is 182 Å². The lowest BCUT2D eigenvalue weighted by molar-refractivity contribution is -0.121. The number of para-hydroxylation sites is 1. The summed E-state index contributed by atoms with van der Waals surface area (Å²) in [7, 11) is 0. The van der Waals surface area contributed by atoms with Crippen LogP contribution >= 0.6 is 0 Å². The van der Waals surface area contributed by atoms with Crippen LogP contribution in [-0.4, -0.2) is 31.2 Å². The average molecular weight is 437 g/mol. The number of rotatable bonds is 7. The smallest absolute Gasteiger partial charge is 0.352 e. The summed E-state index contributed by atoms with van der Waals surface area (Å²) in [6.45, 7) is 4.51. The predicted molar refractivity (Wildman–Crippen MR) is 119 cm³/mol. The minimum Gasteiger partial charge on any atom is -0.356 e. The molecule has 0 saturated carbocycles. The molecule has 1 N–H and O–H groups in total. The van der Waals surface area contributed by atoms with E-state index < -0.39 is 11.5 Å². The molecule has 2 heterocycles. The SMILES string of the molecule is CC(C)CNC(=O)CCn1c(=O)c2ccccc2n2c(=O)n(Cc3ccccc3F)nc12. The van der Waals surface area contributed by atoms with Crippen LogP contribution in [-0.2, 0) is 17.9 Å². The van der Waals surface area contributed by atoms with Crippen molar-refractivity contribution in [3.05, 3.63) is 80.7 Å². The molecule has 2 aromatic heterocycles.